The average molecular weight is 269 g/mol. The maximum absolute atomic E-state index is 2.35. The van der Waals surface area contributed by atoms with Crippen LogP contribution < -0.4 is 0 Å². The Labute approximate surface area is 123 Å². The Morgan fingerprint density at radius 2 is 1.57 bits per heavy atom. The molecule has 0 N–H and O–H groups in total. The van der Waals surface area contributed by atoms with E-state index in [4.69, 9.17) is 0 Å². The van der Waals surface area contributed by atoms with Gasteiger partial charge < -0.3 is 4.57 Å². The molecule has 0 radical (unpaired) electrons. The summed E-state index contributed by atoms with van der Waals surface area (Å²) in [7, 11) is 2.19. The molecule has 0 unspecified atom stereocenters. The number of aryl methyl sites for hydroxylation is 1. The lowest BCUT2D eigenvalue weighted by molar-refractivity contribution is 1.01. The van der Waals surface area contributed by atoms with Crippen LogP contribution in [0.1, 0.15) is 11.1 Å². The van der Waals surface area contributed by atoms with Gasteiger partial charge in [0.05, 0.1) is 5.52 Å². The standard InChI is InChI=1S/C20H15N/c1-21-18-9-5-4-8-16(18)17-11-10-14-12-13-6-2-3-7-15(13)19(14)20(17)21/h2-11H,12H2,1H3. The molecule has 0 fully saturated rings. The fourth-order valence-corrected chi connectivity index (χ4v) is 3.88. The van der Waals surface area contributed by atoms with Gasteiger partial charge in [0.1, 0.15) is 0 Å². The second kappa shape index (κ2) is 3.76. The van der Waals surface area contributed by atoms with Crippen molar-refractivity contribution in [3.63, 3.8) is 0 Å². The van der Waals surface area contributed by atoms with E-state index in [1.807, 2.05) is 0 Å². The number of benzene rings is 3. The summed E-state index contributed by atoms with van der Waals surface area (Å²) in [6.07, 6.45) is 1.06. The van der Waals surface area contributed by atoms with Crippen molar-refractivity contribution in [2.24, 2.45) is 7.05 Å². The molecular formula is C20H15N. The second-order valence-corrected chi connectivity index (χ2v) is 5.91. The lowest BCUT2D eigenvalue weighted by Gasteiger charge is -2.06. The minimum Gasteiger partial charge on any atom is -0.343 e. The maximum Gasteiger partial charge on any atom is 0.0571 e. The van der Waals surface area contributed by atoms with Gasteiger partial charge >= 0.3 is 0 Å². The summed E-state index contributed by atoms with van der Waals surface area (Å²) in [5.41, 5.74) is 8.43. The minimum atomic E-state index is 1.06. The van der Waals surface area contributed by atoms with Crippen LogP contribution in [0.2, 0.25) is 0 Å². The fourth-order valence-electron chi connectivity index (χ4n) is 3.88. The first-order valence-corrected chi connectivity index (χ1v) is 7.42. The molecule has 0 atom stereocenters. The van der Waals surface area contributed by atoms with Gasteiger partial charge in [-0.1, -0.05) is 54.6 Å². The first-order chi connectivity index (χ1) is 10.3. The molecule has 1 heterocycles. The molecule has 100 valence electrons. The van der Waals surface area contributed by atoms with Gasteiger partial charge in [-0.2, -0.15) is 0 Å². The summed E-state index contributed by atoms with van der Waals surface area (Å²) < 4.78 is 2.35. The van der Waals surface area contributed by atoms with E-state index < -0.39 is 0 Å². The van der Waals surface area contributed by atoms with Crippen molar-refractivity contribution in [3.8, 4) is 11.1 Å². The molecule has 1 nitrogen and oxygen atoms in total. The highest BCUT2D eigenvalue weighted by molar-refractivity contribution is 6.14. The summed E-state index contributed by atoms with van der Waals surface area (Å²) in [5.74, 6) is 0. The molecule has 0 saturated carbocycles. The fraction of sp³-hybridized carbons (Fsp3) is 0.100. The van der Waals surface area contributed by atoms with Gasteiger partial charge in [0.25, 0.3) is 0 Å². The van der Waals surface area contributed by atoms with E-state index in [1.165, 1.54) is 44.1 Å². The topological polar surface area (TPSA) is 4.93 Å². The SMILES string of the molecule is Cn1c2ccccc2c2ccc3c(c21)-c1ccccc1C3. The molecule has 0 spiro atoms. The van der Waals surface area contributed by atoms with Crippen LogP contribution in [0, 0.1) is 0 Å². The molecule has 21 heavy (non-hydrogen) atoms. The Kier molecular flexibility index (Phi) is 2.00. The molecule has 5 rings (SSSR count). The average Bonchev–Trinajstić information content (AvgIpc) is 3.04. The van der Waals surface area contributed by atoms with Crippen LogP contribution >= 0.6 is 0 Å². The molecule has 1 aliphatic rings. The lowest BCUT2D eigenvalue weighted by Crippen LogP contribution is -1.90. The molecular weight excluding hydrogens is 254 g/mol. The van der Waals surface area contributed by atoms with Crippen molar-refractivity contribution >= 4 is 21.8 Å². The van der Waals surface area contributed by atoms with E-state index in [9.17, 15) is 0 Å². The molecule has 1 aliphatic carbocycles. The second-order valence-electron chi connectivity index (χ2n) is 5.91. The minimum absolute atomic E-state index is 1.06. The third-order valence-corrected chi connectivity index (χ3v) is 4.82. The number of aromatic nitrogens is 1. The quantitative estimate of drug-likeness (QED) is 0.377. The van der Waals surface area contributed by atoms with Crippen LogP contribution in [-0.4, -0.2) is 4.57 Å². The summed E-state index contributed by atoms with van der Waals surface area (Å²) in [6.45, 7) is 0. The molecule has 0 bridgehead atoms. The predicted octanol–water partition coefficient (Wildman–Crippen LogP) is 4.90. The van der Waals surface area contributed by atoms with Crippen molar-refractivity contribution in [1.82, 2.24) is 4.57 Å². The molecule has 0 saturated heterocycles. The van der Waals surface area contributed by atoms with Gasteiger partial charge in [0.15, 0.2) is 0 Å². The summed E-state index contributed by atoms with van der Waals surface area (Å²) >= 11 is 0. The highest BCUT2D eigenvalue weighted by Gasteiger charge is 2.23. The number of nitrogens with zero attached hydrogens (tertiary/aromatic N) is 1. The smallest absolute Gasteiger partial charge is 0.0571 e. The molecule has 1 heteroatoms. The number of rotatable bonds is 0. The third-order valence-electron chi connectivity index (χ3n) is 4.82. The highest BCUT2D eigenvalue weighted by atomic mass is 14.9. The van der Waals surface area contributed by atoms with Crippen LogP contribution in [0.5, 0.6) is 0 Å². The van der Waals surface area contributed by atoms with Crippen LogP contribution in [0.25, 0.3) is 32.9 Å². The molecule has 4 aromatic rings. The van der Waals surface area contributed by atoms with Gasteiger partial charge in [0.2, 0.25) is 0 Å². The molecule has 0 aliphatic heterocycles. The van der Waals surface area contributed by atoms with E-state index in [-0.39, 0.29) is 0 Å². The summed E-state index contributed by atoms with van der Waals surface area (Å²) in [5, 5.41) is 2.71. The number of hydrogen-bond donors (Lipinski definition) is 0. The lowest BCUT2D eigenvalue weighted by atomic mass is 10.0. The van der Waals surface area contributed by atoms with E-state index >= 15 is 0 Å². The normalized spacial score (nSPS) is 12.8. The Balaban J connectivity index is 2.04. The molecule has 0 amide bonds. The first kappa shape index (κ1) is 11.2. The van der Waals surface area contributed by atoms with Gasteiger partial charge in [-0.3, -0.25) is 0 Å². The van der Waals surface area contributed by atoms with Crippen LogP contribution in [0.3, 0.4) is 0 Å². The largest absolute Gasteiger partial charge is 0.343 e. The van der Waals surface area contributed by atoms with E-state index in [0.717, 1.165) is 6.42 Å². The number of fused-ring (bicyclic) bond motifs is 7. The van der Waals surface area contributed by atoms with Crippen molar-refractivity contribution < 1.29 is 0 Å². The Morgan fingerprint density at radius 1 is 0.762 bits per heavy atom. The van der Waals surface area contributed by atoms with Crippen molar-refractivity contribution in [2.45, 2.75) is 6.42 Å². The summed E-state index contributed by atoms with van der Waals surface area (Å²) in [6, 6.07) is 22.1. The zero-order valence-corrected chi connectivity index (χ0v) is 11.9. The van der Waals surface area contributed by atoms with E-state index in [1.54, 1.807) is 0 Å². The predicted molar refractivity (Wildman–Crippen MR) is 88.7 cm³/mol. The Morgan fingerprint density at radius 3 is 2.52 bits per heavy atom. The highest BCUT2D eigenvalue weighted by Crippen LogP contribution is 2.43. The Bertz CT molecular complexity index is 1020. The monoisotopic (exact) mass is 269 g/mol. The Hall–Kier alpha value is -2.54. The van der Waals surface area contributed by atoms with E-state index in [0.29, 0.717) is 0 Å². The molecule has 3 aromatic carbocycles. The van der Waals surface area contributed by atoms with Gasteiger partial charge in [-0.05, 0) is 29.2 Å². The zero-order chi connectivity index (χ0) is 14.0. The first-order valence-electron chi connectivity index (χ1n) is 7.42. The van der Waals surface area contributed by atoms with Gasteiger partial charge in [0, 0.05) is 28.9 Å². The number of para-hydroxylation sites is 1. The number of hydrogen-bond acceptors (Lipinski definition) is 0. The third kappa shape index (κ3) is 1.31. The van der Waals surface area contributed by atoms with E-state index in [2.05, 4.69) is 72.3 Å². The van der Waals surface area contributed by atoms with Crippen LogP contribution in [-0.2, 0) is 13.5 Å². The van der Waals surface area contributed by atoms with Crippen LogP contribution in [0.15, 0.2) is 60.7 Å². The maximum atomic E-state index is 2.35. The summed E-state index contributed by atoms with van der Waals surface area (Å²) in [4.78, 5) is 0. The zero-order valence-electron chi connectivity index (χ0n) is 11.9. The van der Waals surface area contributed by atoms with Gasteiger partial charge in [-0.15, -0.1) is 0 Å². The van der Waals surface area contributed by atoms with Crippen molar-refractivity contribution in [2.75, 3.05) is 0 Å². The van der Waals surface area contributed by atoms with Gasteiger partial charge in [-0.25, -0.2) is 0 Å². The molecule has 1 aromatic heterocycles. The van der Waals surface area contributed by atoms with Crippen molar-refractivity contribution in [3.05, 3.63) is 71.8 Å². The van der Waals surface area contributed by atoms with Crippen molar-refractivity contribution in [1.29, 1.82) is 0 Å². The van der Waals surface area contributed by atoms with Crippen LogP contribution in [0.4, 0.5) is 0 Å².